The molecule has 0 aliphatic carbocycles. The third kappa shape index (κ3) is 6.85. The highest BCUT2D eigenvalue weighted by Gasteiger charge is 2.39. The number of nitrogens with one attached hydrogen (secondary N) is 2. The number of aryl methyl sites for hydroxylation is 1. The lowest BCUT2D eigenvalue weighted by Gasteiger charge is -2.27. The monoisotopic (exact) mass is 649 g/mol. The molecule has 0 aromatic heterocycles. The molecule has 0 heterocycles. The van der Waals surface area contributed by atoms with Gasteiger partial charge in [0.05, 0.1) is 16.9 Å². The summed E-state index contributed by atoms with van der Waals surface area (Å²) >= 11 is 2.08. The number of nitrogens with zero attached hydrogens (tertiary/aromatic N) is 1. The molecule has 0 fully saturated rings. The van der Waals surface area contributed by atoms with Crippen molar-refractivity contribution < 1.29 is 24.2 Å². The highest BCUT2D eigenvalue weighted by Crippen LogP contribution is 2.34. The van der Waals surface area contributed by atoms with E-state index in [2.05, 4.69) is 38.4 Å². The van der Waals surface area contributed by atoms with Crippen LogP contribution in [-0.4, -0.2) is 36.9 Å². The summed E-state index contributed by atoms with van der Waals surface area (Å²) in [7, 11) is 1.49. The Morgan fingerprint density at radius 2 is 1.55 bits per heavy atom. The minimum Gasteiger partial charge on any atom is -0.493 e. The van der Waals surface area contributed by atoms with Crippen LogP contribution in [-0.2, 0) is 15.2 Å². The topological polar surface area (TPSA) is 109 Å². The smallest absolute Gasteiger partial charge is 0.281 e. The third-order valence-electron chi connectivity index (χ3n) is 6.03. The van der Waals surface area contributed by atoms with Gasteiger partial charge in [-0.1, -0.05) is 78.4 Å². The highest BCUT2D eigenvalue weighted by atomic mass is 127. The normalized spacial score (nSPS) is 11.2. The van der Waals surface area contributed by atoms with E-state index in [9.17, 15) is 14.7 Å². The van der Waals surface area contributed by atoms with E-state index in [1.54, 1.807) is 60.7 Å². The van der Waals surface area contributed by atoms with E-state index in [4.69, 9.17) is 9.47 Å². The molecule has 3 N–H and O–H groups in total. The zero-order valence-corrected chi connectivity index (χ0v) is 24.1. The molecule has 204 valence electrons. The number of carbonyl (C=O) groups is 2. The van der Waals surface area contributed by atoms with E-state index < -0.39 is 11.5 Å². The summed E-state index contributed by atoms with van der Waals surface area (Å²) in [6, 6.07) is 28.3. The number of methoxy groups -OCH3 is 1. The summed E-state index contributed by atoms with van der Waals surface area (Å²) in [5, 5.41) is 18.4. The van der Waals surface area contributed by atoms with Crippen LogP contribution in [0.2, 0.25) is 0 Å². The number of carbonyl (C=O) groups excluding carboxylic acids is 2. The number of hydrogen-bond acceptors (Lipinski definition) is 6. The second kappa shape index (κ2) is 13.2. The summed E-state index contributed by atoms with van der Waals surface area (Å²) < 4.78 is 11.9. The lowest BCUT2D eigenvalue weighted by atomic mass is 9.85. The lowest BCUT2D eigenvalue weighted by molar-refractivity contribution is -0.136. The fourth-order valence-electron chi connectivity index (χ4n) is 3.96. The number of benzene rings is 4. The fraction of sp³-hybridized carbons (Fsp3) is 0.129. The molecule has 0 unspecified atom stereocenters. The van der Waals surface area contributed by atoms with Crippen molar-refractivity contribution >= 4 is 46.3 Å². The minimum absolute atomic E-state index is 0.207. The van der Waals surface area contributed by atoms with E-state index in [1.165, 1.54) is 13.3 Å². The molecule has 8 nitrogen and oxygen atoms in total. The van der Waals surface area contributed by atoms with Crippen molar-refractivity contribution in [1.29, 1.82) is 0 Å². The molecule has 4 aromatic rings. The van der Waals surface area contributed by atoms with Crippen LogP contribution in [0.5, 0.6) is 11.5 Å². The fourth-order valence-corrected chi connectivity index (χ4v) is 4.74. The first-order valence-corrected chi connectivity index (χ1v) is 13.4. The third-order valence-corrected chi connectivity index (χ3v) is 6.83. The van der Waals surface area contributed by atoms with Crippen LogP contribution >= 0.6 is 22.6 Å². The van der Waals surface area contributed by atoms with Crippen LogP contribution in [0.3, 0.4) is 0 Å². The Bertz CT molecular complexity index is 1450. The number of halogens is 1. The molecule has 0 spiro atoms. The first kappa shape index (κ1) is 28.8. The second-order valence-electron chi connectivity index (χ2n) is 8.88. The van der Waals surface area contributed by atoms with Gasteiger partial charge in [0.25, 0.3) is 11.8 Å². The number of hydrogen-bond donors (Lipinski definition) is 3. The number of anilines is 1. The van der Waals surface area contributed by atoms with Gasteiger partial charge in [-0.3, -0.25) is 9.59 Å². The van der Waals surface area contributed by atoms with E-state index in [0.717, 1.165) is 5.56 Å². The van der Waals surface area contributed by atoms with E-state index in [-0.39, 0.29) is 12.5 Å². The minimum atomic E-state index is -1.94. The molecular formula is C31H28IN3O5. The Labute approximate surface area is 246 Å². The number of ether oxygens (including phenoxy) is 2. The molecule has 0 atom stereocenters. The van der Waals surface area contributed by atoms with Gasteiger partial charge in [-0.2, -0.15) is 5.10 Å². The standard InChI is InChI=1S/C31H28IN3O5/c1-21-13-15-25(16-14-21)34-28(36)20-40-29-26(32)17-22(18-27(29)39-2)19-33-35-30(37)31(38,23-9-5-3-6-10-23)24-11-7-4-8-12-24/h3-19,38H,20H2,1-2H3,(H,34,36)(H,35,37)/b33-19-. The Morgan fingerprint density at radius 3 is 2.12 bits per heavy atom. The summed E-state index contributed by atoms with van der Waals surface area (Å²) in [5.74, 6) is -0.208. The molecule has 0 bridgehead atoms. The van der Waals surface area contributed by atoms with Crippen molar-refractivity contribution in [3.05, 3.63) is 123 Å². The van der Waals surface area contributed by atoms with Gasteiger partial charge >= 0.3 is 0 Å². The average Bonchev–Trinajstić information content (AvgIpc) is 2.98. The molecule has 0 saturated heterocycles. The average molecular weight is 649 g/mol. The van der Waals surface area contributed by atoms with Gasteiger partial charge in [0, 0.05) is 5.69 Å². The van der Waals surface area contributed by atoms with Crippen LogP contribution in [0.25, 0.3) is 0 Å². The molecule has 2 amide bonds. The summed E-state index contributed by atoms with van der Waals surface area (Å²) in [6.45, 7) is 1.77. The molecule has 40 heavy (non-hydrogen) atoms. The first-order valence-electron chi connectivity index (χ1n) is 12.3. The van der Waals surface area contributed by atoms with Gasteiger partial charge < -0.3 is 19.9 Å². The van der Waals surface area contributed by atoms with Gasteiger partial charge in [-0.25, -0.2) is 5.43 Å². The highest BCUT2D eigenvalue weighted by molar-refractivity contribution is 14.1. The van der Waals surface area contributed by atoms with Crippen LogP contribution in [0.4, 0.5) is 5.69 Å². The van der Waals surface area contributed by atoms with Crippen molar-refractivity contribution in [2.24, 2.45) is 5.10 Å². The van der Waals surface area contributed by atoms with Gasteiger partial charge in [-0.15, -0.1) is 0 Å². The van der Waals surface area contributed by atoms with Gasteiger partial charge in [-0.05, 0) is 70.5 Å². The largest absolute Gasteiger partial charge is 0.493 e. The molecule has 4 aromatic carbocycles. The summed E-state index contributed by atoms with van der Waals surface area (Å²) in [4.78, 5) is 25.6. The number of aliphatic hydroxyl groups is 1. The van der Waals surface area contributed by atoms with Crippen LogP contribution < -0.4 is 20.2 Å². The molecule has 0 saturated carbocycles. The number of hydrazone groups is 1. The molecule has 0 radical (unpaired) electrons. The van der Waals surface area contributed by atoms with Crippen LogP contribution in [0.1, 0.15) is 22.3 Å². The Hall–Kier alpha value is -4.22. The van der Waals surface area contributed by atoms with Crippen molar-refractivity contribution in [3.8, 4) is 11.5 Å². The van der Waals surface area contributed by atoms with Crippen molar-refractivity contribution in [2.45, 2.75) is 12.5 Å². The van der Waals surface area contributed by atoms with E-state index in [1.807, 2.05) is 43.3 Å². The molecular weight excluding hydrogens is 621 g/mol. The zero-order chi connectivity index (χ0) is 28.5. The van der Waals surface area contributed by atoms with Gasteiger partial charge in [0.15, 0.2) is 23.7 Å². The second-order valence-corrected chi connectivity index (χ2v) is 10.0. The van der Waals surface area contributed by atoms with Crippen molar-refractivity contribution in [3.63, 3.8) is 0 Å². The molecule has 9 heteroatoms. The Kier molecular flexibility index (Phi) is 9.52. The van der Waals surface area contributed by atoms with E-state index in [0.29, 0.717) is 37.4 Å². The zero-order valence-electron chi connectivity index (χ0n) is 21.9. The number of amides is 2. The maximum Gasteiger partial charge on any atom is 0.281 e. The van der Waals surface area contributed by atoms with Crippen molar-refractivity contribution in [2.75, 3.05) is 19.0 Å². The first-order chi connectivity index (χ1) is 19.3. The van der Waals surface area contributed by atoms with Gasteiger partial charge in [0.1, 0.15) is 0 Å². The molecule has 0 aliphatic heterocycles. The number of rotatable bonds is 10. The molecule has 4 rings (SSSR count). The summed E-state index contributed by atoms with van der Waals surface area (Å²) in [6.07, 6.45) is 1.44. The Balaban J connectivity index is 1.46. The van der Waals surface area contributed by atoms with Crippen molar-refractivity contribution in [1.82, 2.24) is 5.43 Å². The predicted molar refractivity (Wildman–Crippen MR) is 163 cm³/mol. The van der Waals surface area contributed by atoms with Crippen LogP contribution in [0, 0.1) is 10.5 Å². The van der Waals surface area contributed by atoms with E-state index >= 15 is 0 Å². The quantitative estimate of drug-likeness (QED) is 0.127. The molecule has 0 aliphatic rings. The summed E-state index contributed by atoms with van der Waals surface area (Å²) in [5.41, 5.74) is 3.74. The maximum absolute atomic E-state index is 13.2. The maximum atomic E-state index is 13.2. The van der Waals surface area contributed by atoms with Crippen LogP contribution in [0.15, 0.2) is 102 Å². The Morgan fingerprint density at radius 1 is 0.950 bits per heavy atom. The SMILES string of the molecule is COc1cc(/C=N\NC(=O)C(O)(c2ccccc2)c2ccccc2)cc(I)c1OCC(=O)Nc1ccc(C)cc1. The predicted octanol–water partition coefficient (Wildman–Crippen LogP) is 5.01. The van der Waals surface area contributed by atoms with Gasteiger partial charge in [0.2, 0.25) is 0 Å². The lowest BCUT2D eigenvalue weighted by Crippen LogP contribution is -2.43.